The highest BCUT2D eigenvalue weighted by atomic mass is 14.3. The molecular weight excluding hydrogens is 288 g/mol. The number of allylic oxidation sites excluding steroid dienone is 6. The van der Waals surface area contributed by atoms with Crippen molar-refractivity contribution >= 4 is 33.7 Å². The Kier molecular flexibility index (Phi) is 2.28. The van der Waals surface area contributed by atoms with Crippen LogP contribution in [0.3, 0.4) is 0 Å². The van der Waals surface area contributed by atoms with E-state index in [-0.39, 0.29) is 0 Å². The zero-order valence-electron chi connectivity index (χ0n) is 13.3. The summed E-state index contributed by atoms with van der Waals surface area (Å²) in [5.74, 6) is 0.377. The Morgan fingerprint density at radius 3 is 2.75 bits per heavy atom. The molecule has 24 heavy (non-hydrogen) atoms. The molecule has 3 aromatic rings. The van der Waals surface area contributed by atoms with E-state index in [2.05, 4.69) is 78.9 Å². The smallest absolute Gasteiger partial charge is 0.0285 e. The Balaban J connectivity index is 1.93. The normalized spacial score (nSPS) is 19.7. The van der Waals surface area contributed by atoms with Crippen molar-refractivity contribution in [1.29, 1.82) is 0 Å². The first kappa shape index (κ1) is 12.5. The van der Waals surface area contributed by atoms with Crippen molar-refractivity contribution in [2.45, 2.75) is 12.3 Å². The van der Waals surface area contributed by atoms with Crippen LogP contribution in [0.15, 0.2) is 72.4 Å². The zero-order chi connectivity index (χ0) is 15.7. The second-order valence-electron chi connectivity index (χ2n) is 6.91. The van der Waals surface area contributed by atoms with Gasteiger partial charge in [-0.2, -0.15) is 0 Å². The van der Waals surface area contributed by atoms with Crippen LogP contribution in [0.1, 0.15) is 28.2 Å². The second-order valence-corrected chi connectivity index (χ2v) is 6.91. The summed E-state index contributed by atoms with van der Waals surface area (Å²) in [6.45, 7) is 0. The summed E-state index contributed by atoms with van der Waals surface area (Å²) >= 11 is 0. The molecule has 0 saturated heterocycles. The Morgan fingerprint density at radius 1 is 0.833 bits per heavy atom. The Hall–Kier alpha value is -2.86. The van der Waals surface area contributed by atoms with E-state index in [1.165, 1.54) is 49.4 Å². The maximum atomic E-state index is 2.37. The van der Waals surface area contributed by atoms with Gasteiger partial charge in [-0.05, 0) is 55.8 Å². The van der Waals surface area contributed by atoms with E-state index in [1.54, 1.807) is 0 Å². The zero-order valence-corrected chi connectivity index (χ0v) is 13.3. The third-order valence-electron chi connectivity index (χ3n) is 5.68. The first-order valence-corrected chi connectivity index (χ1v) is 8.65. The van der Waals surface area contributed by atoms with E-state index >= 15 is 0 Å². The molecule has 3 aliphatic carbocycles. The molecule has 0 amide bonds. The number of hydrogen-bond donors (Lipinski definition) is 0. The van der Waals surface area contributed by atoms with Crippen LogP contribution in [-0.4, -0.2) is 0 Å². The van der Waals surface area contributed by atoms with Crippen molar-refractivity contribution in [3.05, 3.63) is 94.6 Å². The van der Waals surface area contributed by atoms with Crippen molar-refractivity contribution in [2.24, 2.45) is 0 Å². The fraction of sp³-hybridized carbons (Fsp3) is 0.0833. The van der Waals surface area contributed by atoms with Crippen molar-refractivity contribution < 1.29 is 0 Å². The number of fused-ring (bicyclic) bond motifs is 4. The van der Waals surface area contributed by atoms with Crippen LogP contribution in [0.2, 0.25) is 0 Å². The van der Waals surface area contributed by atoms with E-state index in [4.69, 9.17) is 0 Å². The number of benzene rings is 3. The quantitative estimate of drug-likeness (QED) is 0.436. The molecular formula is C24H16. The maximum Gasteiger partial charge on any atom is 0.0285 e. The fourth-order valence-corrected chi connectivity index (χ4v) is 4.73. The average molecular weight is 304 g/mol. The fourth-order valence-electron chi connectivity index (χ4n) is 4.73. The van der Waals surface area contributed by atoms with E-state index in [1.807, 2.05) is 0 Å². The summed E-state index contributed by atoms with van der Waals surface area (Å²) in [4.78, 5) is 0. The van der Waals surface area contributed by atoms with Crippen LogP contribution in [0.5, 0.6) is 0 Å². The van der Waals surface area contributed by atoms with Gasteiger partial charge in [-0.3, -0.25) is 0 Å². The van der Waals surface area contributed by atoms with Gasteiger partial charge in [0.05, 0.1) is 0 Å². The van der Waals surface area contributed by atoms with Gasteiger partial charge in [0.1, 0.15) is 0 Å². The van der Waals surface area contributed by atoms with Crippen molar-refractivity contribution in [1.82, 2.24) is 0 Å². The Morgan fingerprint density at radius 2 is 1.75 bits per heavy atom. The predicted octanol–water partition coefficient (Wildman–Crippen LogP) is 6.17. The largest absolute Gasteiger partial charge is 0.0795 e. The van der Waals surface area contributed by atoms with Crippen molar-refractivity contribution in [2.75, 3.05) is 0 Å². The SMILES string of the molecule is C1=CC2=Cc3cccc4c5c6c(cccc6c(c34)C2C=C1)CC=C5. The first-order chi connectivity index (χ1) is 11.9. The average Bonchev–Trinajstić information content (AvgIpc) is 2.64. The van der Waals surface area contributed by atoms with Gasteiger partial charge >= 0.3 is 0 Å². The van der Waals surface area contributed by atoms with Gasteiger partial charge in [-0.25, -0.2) is 0 Å². The highest BCUT2D eigenvalue weighted by Gasteiger charge is 2.27. The molecule has 1 atom stereocenters. The molecule has 1 unspecified atom stereocenters. The molecule has 112 valence electrons. The van der Waals surface area contributed by atoms with Crippen LogP contribution < -0.4 is 0 Å². The predicted molar refractivity (Wildman–Crippen MR) is 103 cm³/mol. The van der Waals surface area contributed by atoms with E-state index in [0.29, 0.717) is 5.92 Å². The van der Waals surface area contributed by atoms with Crippen LogP contribution in [0.25, 0.3) is 33.7 Å². The van der Waals surface area contributed by atoms with Gasteiger partial charge in [0.2, 0.25) is 0 Å². The van der Waals surface area contributed by atoms with Crippen LogP contribution in [-0.2, 0) is 6.42 Å². The minimum atomic E-state index is 0.377. The van der Waals surface area contributed by atoms with E-state index in [0.717, 1.165) is 6.42 Å². The molecule has 0 radical (unpaired) electrons. The topological polar surface area (TPSA) is 0 Å². The molecule has 0 spiro atoms. The molecule has 0 N–H and O–H groups in total. The van der Waals surface area contributed by atoms with Gasteiger partial charge < -0.3 is 0 Å². The lowest BCUT2D eigenvalue weighted by Gasteiger charge is -2.29. The van der Waals surface area contributed by atoms with E-state index in [9.17, 15) is 0 Å². The van der Waals surface area contributed by atoms with Crippen LogP contribution >= 0.6 is 0 Å². The molecule has 0 nitrogen and oxygen atoms in total. The van der Waals surface area contributed by atoms with Crippen LogP contribution in [0.4, 0.5) is 0 Å². The monoisotopic (exact) mass is 304 g/mol. The number of rotatable bonds is 0. The molecule has 3 aromatic carbocycles. The van der Waals surface area contributed by atoms with Crippen molar-refractivity contribution in [3.8, 4) is 0 Å². The summed E-state index contributed by atoms with van der Waals surface area (Å²) in [6.07, 6.45) is 17.0. The molecule has 0 heterocycles. The highest BCUT2D eigenvalue weighted by Crippen LogP contribution is 2.48. The summed E-state index contributed by atoms with van der Waals surface area (Å²) in [5, 5.41) is 5.74. The molecule has 3 aliphatic rings. The van der Waals surface area contributed by atoms with Crippen molar-refractivity contribution in [3.63, 3.8) is 0 Å². The molecule has 0 bridgehead atoms. The molecule has 6 rings (SSSR count). The van der Waals surface area contributed by atoms with Gasteiger partial charge in [0.25, 0.3) is 0 Å². The lowest BCUT2D eigenvalue weighted by molar-refractivity contribution is 1.04. The van der Waals surface area contributed by atoms with Gasteiger partial charge in [0.15, 0.2) is 0 Å². The molecule has 0 heteroatoms. The summed E-state index contributed by atoms with van der Waals surface area (Å²) < 4.78 is 0. The summed E-state index contributed by atoms with van der Waals surface area (Å²) in [6, 6.07) is 13.6. The minimum absolute atomic E-state index is 0.377. The standard InChI is InChI=1S/C24H16/c1-2-10-18-16(6-1)14-17-9-5-12-20-19-11-3-7-15-8-4-13-21(22(15)19)24(18)23(17)20/h1-6,8-14,18H,7H2. The second kappa shape index (κ2) is 4.36. The van der Waals surface area contributed by atoms with E-state index < -0.39 is 0 Å². The molecule has 0 saturated carbocycles. The lowest BCUT2D eigenvalue weighted by atomic mass is 9.74. The molecule has 0 fully saturated rings. The third kappa shape index (κ3) is 1.44. The highest BCUT2D eigenvalue weighted by molar-refractivity contribution is 6.15. The number of hydrogen-bond acceptors (Lipinski definition) is 0. The lowest BCUT2D eigenvalue weighted by Crippen LogP contribution is -2.09. The molecule has 0 aromatic heterocycles. The third-order valence-corrected chi connectivity index (χ3v) is 5.68. The summed E-state index contributed by atoms with van der Waals surface area (Å²) in [5.41, 5.74) is 7.12. The van der Waals surface area contributed by atoms with Gasteiger partial charge in [-0.1, -0.05) is 78.9 Å². The maximum absolute atomic E-state index is 2.37. The van der Waals surface area contributed by atoms with Gasteiger partial charge in [0, 0.05) is 5.92 Å². The Labute approximate surface area is 141 Å². The van der Waals surface area contributed by atoms with Gasteiger partial charge in [-0.15, -0.1) is 0 Å². The Bertz CT molecular complexity index is 1170. The van der Waals surface area contributed by atoms with Crippen LogP contribution in [0, 0.1) is 0 Å². The minimum Gasteiger partial charge on any atom is -0.0795 e. The molecule has 0 aliphatic heterocycles. The summed E-state index contributed by atoms with van der Waals surface area (Å²) in [7, 11) is 0. The first-order valence-electron chi connectivity index (χ1n) is 8.65.